The monoisotopic (exact) mass is 354 g/mol. The van der Waals surface area contributed by atoms with Crippen LogP contribution in [0.5, 0.6) is 5.75 Å². The van der Waals surface area contributed by atoms with Gasteiger partial charge in [0.25, 0.3) is 0 Å². The van der Waals surface area contributed by atoms with E-state index in [-0.39, 0.29) is 0 Å². The highest BCUT2D eigenvalue weighted by atomic mass is 79.9. The predicted molar refractivity (Wildman–Crippen MR) is 91.6 cm³/mol. The van der Waals surface area contributed by atoms with Crippen LogP contribution in [0.2, 0.25) is 0 Å². The highest BCUT2D eigenvalue weighted by Crippen LogP contribution is 2.28. The molecular weight excluding hydrogens is 328 g/mol. The maximum Gasteiger partial charge on any atom is 0.119 e. The van der Waals surface area contributed by atoms with Gasteiger partial charge in [-0.15, -0.1) is 0 Å². The second-order valence-corrected chi connectivity index (χ2v) is 6.85. The van der Waals surface area contributed by atoms with Crippen LogP contribution in [0.1, 0.15) is 44.6 Å². The second kappa shape index (κ2) is 8.16. The van der Waals surface area contributed by atoms with E-state index in [1.54, 1.807) is 7.11 Å². The average molecular weight is 355 g/mol. The summed E-state index contributed by atoms with van der Waals surface area (Å²) in [6.07, 6.45) is 5.95. The second-order valence-electron chi connectivity index (χ2n) is 6.00. The molecule has 0 heterocycles. The molecule has 0 aromatic heterocycles. The Hall–Kier alpha value is -0.580. The number of nitrogens with two attached hydrogens (primary N) is 1. The minimum atomic E-state index is 0.410. The zero-order valence-electron chi connectivity index (χ0n) is 13.1. The zero-order valence-corrected chi connectivity index (χ0v) is 14.7. The molecule has 0 radical (unpaired) electrons. The highest BCUT2D eigenvalue weighted by Gasteiger charge is 2.24. The molecule has 1 saturated carbocycles. The molecule has 0 bridgehead atoms. The summed E-state index contributed by atoms with van der Waals surface area (Å²) in [4.78, 5) is 2.62. The van der Waals surface area contributed by atoms with Crippen LogP contribution in [-0.2, 0) is 6.54 Å². The zero-order chi connectivity index (χ0) is 15.2. The summed E-state index contributed by atoms with van der Waals surface area (Å²) >= 11 is 3.67. The van der Waals surface area contributed by atoms with Crippen molar-refractivity contribution in [3.8, 4) is 5.75 Å². The quantitative estimate of drug-likeness (QED) is 0.840. The van der Waals surface area contributed by atoms with Crippen molar-refractivity contribution >= 4 is 15.9 Å². The first-order valence-corrected chi connectivity index (χ1v) is 8.75. The van der Waals surface area contributed by atoms with Crippen LogP contribution in [0.15, 0.2) is 22.7 Å². The van der Waals surface area contributed by atoms with Crippen molar-refractivity contribution < 1.29 is 4.74 Å². The standard InChI is InChI=1S/C17H27BrN2O/c1-3-10-20(15-6-4-14(19)5-7-15)12-13-11-16(21-2)8-9-17(13)18/h8-9,11,14-15H,3-7,10,12,19H2,1-2H3. The molecule has 2 rings (SSSR count). The third-order valence-corrected chi connectivity index (χ3v) is 5.17. The molecule has 0 unspecified atom stereocenters. The Labute approximate surface area is 137 Å². The number of methoxy groups -OCH3 is 1. The minimum absolute atomic E-state index is 0.410. The number of hydrogen-bond acceptors (Lipinski definition) is 3. The van der Waals surface area contributed by atoms with Crippen LogP contribution in [0.25, 0.3) is 0 Å². The Morgan fingerprint density at radius 2 is 2.00 bits per heavy atom. The molecule has 1 aromatic rings. The smallest absolute Gasteiger partial charge is 0.119 e. The Bertz CT molecular complexity index is 444. The van der Waals surface area contributed by atoms with Crippen LogP contribution in [0.4, 0.5) is 0 Å². The topological polar surface area (TPSA) is 38.5 Å². The van der Waals surface area contributed by atoms with Crippen molar-refractivity contribution in [2.75, 3.05) is 13.7 Å². The van der Waals surface area contributed by atoms with Gasteiger partial charge in [-0.2, -0.15) is 0 Å². The Morgan fingerprint density at radius 3 is 2.62 bits per heavy atom. The molecule has 1 aliphatic carbocycles. The van der Waals surface area contributed by atoms with Crippen LogP contribution >= 0.6 is 15.9 Å². The summed E-state index contributed by atoms with van der Waals surface area (Å²) in [7, 11) is 1.72. The van der Waals surface area contributed by atoms with Crippen LogP contribution in [0, 0.1) is 0 Å². The molecular formula is C17H27BrN2O. The van der Waals surface area contributed by atoms with E-state index in [1.807, 2.05) is 6.07 Å². The maximum atomic E-state index is 6.04. The van der Waals surface area contributed by atoms with E-state index < -0.39 is 0 Å². The van der Waals surface area contributed by atoms with Crippen molar-refractivity contribution in [3.63, 3.8) is 0 Å². The van der Waals surface area contributed by atoms with Gasteiger partial charge in [0.2, 0.25) is 0 Å². The fourth-order valence-electron chi connectivity index (χ4n) is 3.16. The van der Waals surface area contributed by atoms with Crippen LogP contribution < -0.4 is 10.5 Å². The number of benzene rings is 1. The third-order valence-electron chi connectivity index (χ3n) is 4.39. The average Bonchev–Trinajstić information content (AvgIpc) is 2.49. The maximum absolute atomic E-state index is 6.04. The molecule has 118 valence electrons. The lowest BCUT2D eigenvalue weighted by atomic mass is 9.90. The van der Waals surface area contributed by atoms with E-state index in [0.717, 1.165) is 36.2 Å². The van der Waals surface area contributed by atoms with Crippen molar-refractivity contribution in [2.24, 2.45) is 5.73 Å². The van der Waals surface area contributed by atoms with Crippen molar-refractivity contribution in [2.45, 2.75) is 57.7 Å². The van der Waals surface area contributed by atoms with Gasteiger partial charge in [0, 0.05) is 23.1 Å². The number of nitrogens with zero attached hydrogens (tertiary/aromatic N) is 1. The van der Waals surface area contributed by atoms with E-state index >= 15 is 0 Å². The first-order valence-electron chi connectivity index (χ1n) is 7.96. The largest absolute Gasteiger partial charge is 0.497 e. The predicted octanol–water partition coefficient (Wildman–Crippen LogP) is 3.94. The molecule has 1 fully saturated rings. The van der Waals surface area contributed by atoms with Crippen molar-refractivity contribution in [1.29, 1.82) is 0 Å². The molecule has 3 nitrogen and oxygen atoms in total. The van der Waals surface area contributed by atoms with Gasteiger partial charge in [-0.1, -0.05) is 22.9 Å². The molecule has 0 saturated heterocycles. The normalized spacial score (nSPS) is 22.5. The SMILES string of the molecule is CCCN(Cc1cc(OC)ccc1Br)C1CCC(N)CC1. The van der Waals surface area contributed by atoms with Gasteiger partial charge in [0.15, 0.2) is 0 Å². The number of hydrogen-bond donors (Lipinski definition) is 1. The summed E-state index contributed by atoms with van der Waals surface area (Å²) in [6, 6.07) is 7.30. The fraction of sp³-hybridized carbons (Fsp3) is 0.647. The van der Waals surface area contributed by atoms with Crippen molar-refractivity contribution in [3.05, 3.63) is 28.2 Å². The van der Waals surface area contributed by atoms with Gasteiger partial charge in [0.05, 0.1) is 7.11 Å². The van der Waals surface area contributed by atoms with Gasteiger partial charge in [-0.25, -0.2) is 0 Å². The van der Waals surface area contributed by atoms with Gasteiger partial charge < -0.3 is 10.5 Å². The Morgan fingerprint density at radius 1 is 1.29 bits per heavy atom. The van der Waals surface area contributed by atoms with Crippen molar-refractivity contribution in [1.82, 2.24) is 4.90 Å². The number of rotatable bonds is 6. The first-order chi connectivity index (χ1) is 10.1. The minimum Gasteiger partial charge on any atom is -0.497 e. The third kappa shape index (κ3) is 4.70. The number of ether oxygens (including phenoxy) is 1. The Kier molecular flexibility index (Phi) is 6.52. The van der Waals surface area contributed by atoms with Gasteiger partial charge in [-0.05, 0) is 62.4 Å². The lowest BCUT2D eigenvalue weighted by molar-refractivity contribution is 0.141. The lowest BCUT2D eigenvalue weighted by Gasteiger charge is -2.36. The van der Waals surface area contributed by atoms with E-state index in [2.05, 4.69) is 39.9 Å². The van der Waals surface area contributed by atoms with Gasteiger partial charge in [-0.3, -0.25) is 4.90 Å². The molecule has 21 heavy (non-hydrogen) atoms. The van der Waals surface area contributed by atoms with Crippen LogP contribution in [0.3, 0.4) is 0 Å². The molecule has 0 aliphatic heterocycles. The summed E-state index contributed by atoms with van der Waals surface area (Å²) in [5, 5.41) is 0. The van der Waals surface area contributed by atoms with E-state index in [9.17, 15) is 0 Å². The number of halogens is 1. The van der Waals surface area contributed by atoms with E-state index in [4.69, 9.17) is 10.5 Å². The van der Waals surface area contributed by atoms with Gasteiger partial charge in [0.1, 0.15) is 5.75 Å². The molecule has 0 spiro atoms. The molecule has 1 aliphatic rings. The fourth-order valence-corrected chi connectivity index (χ4v) is 3.53. The molecule has 4 heteroatoms. The van der Waals surface area contributed by atoms with Crippen LogP contribution in [-0.4, -0.2) is 30.6 Å². The molecule has 0 amide bonds. The molecule has 0 atom stereocenters. The molecule has 2 N–H and O–H groups in total. The van der Waals surface area contributed by atoms with Gasteiger partial charge >= 0.3 is 0 Å². The summed E-state index contributed by atoms with van der Waals surface area (Å²) in [5.74, 6) is 0.926. The highest BCUT2D eigenvalue weighted by molar-refractivity contribution is 9.10. The van der Waals surface area contributed by atoms with E-state index in [0.29, 0.717) is 12.1 Å². The first kappa shape index (κ1) is 16.8. The summed E-state index contributed by atoms with van der Waals surface area (Å²) < 4.78 is 6.52. The lowest BCUT2D eigenvalue weighted by Crippen LogP contribution is -2.40. The summed E-state index contributed by atoms with van der Waals surface area (Å²) in [5.41, 5.74) is 7.35. The Balaban J connectivity index is 2.08. The van der Waals surface area contributed by atoms with E-state index in [1.165, 1.54) is 24.8 Å². The summed E-state index contributed by atoms with van der Waals surface area (Å²) in [6.45, 7) is 4.37. The molecule has 1 aromatic carbocycles.